The van der Waals surface area contributed by atoms with Gasteiger partial charge in [-0.3, -0.25) is 19.2 Å². The van der Waals surface area contributed by atoms with Gasteiger partial charge in [0.05, 0.1) is 18.8 Å². The molecule has 9 nitrogen and oxygen atoms in total. The van der Waals surface area contributed by atoms with Gasteiger partial charge in [-0.1, -0.05) is 0 Å². The lowest BCUT2D eigenvalue weighted by Gasteiger charge is -2.21. The molecule has 0 bridgehead atoms. The van der Waals surface area contributed by atoms with Crippen LogP contribution >= 0.6 is 11.8 Å². The largest absolute Gasteiger partial charge is 0.480 e. The van der Waals surface area contributed by atoms with Crippen LogP contribution in [0.25, 0.3) is 0 Å². The molecule has 3 amide bonds. The van der Waals surface area contributed by atoms with Crippen LogP contribution in [-0.4, -0.2) is 66.2 Å². The average molecular weight is 347 g/mol. The molecule has 1 saturated heterocycles. The predicted molar refractivity (Wildman–Crippen MR) is 82.7 cm³/mol. The molecule has 1 rings (SSSR count). The molecule has 0 aromatic heterocycles. The van der Waals surface area contributed by atoms with Crippen molar-refractivity contribution in [1.29, 1.82) is 0 Å². The van der Waals surface area contributed by atoms with Crippen molar-refractivity contribution in [3.05, 3.63) is 0 Å². The number of aliphatic carboxylic acids is 1. The molecule has 1 atom stereocenters. The van der Waals surface area contributed by atoms with Crippen LogP contribution in [0.3, 0.4) is 0 Å². The minimum Gasteiger partial charge on any atom is -0.480 e. The number of rotatable bonds is 9. The van der Waals surface area contributed by atoms with E-state index in [1.54, 1.807) is 0 Å². The molecule has 1 fully saturated rings. The van der Waals surface area contributed by atoms with Gasteiger partial charge in [-0.2, -0.15) is 0 Å². The number of thioether (sulfide) groups is 1. The Morgan fingerprint density at radius 2 is 1.57 bits per heavy atom. The Labute approximate surface area is 137 Å². The van der Waals surface area contributed by atoms with E-state index < -0.39 is 24.3 Å². The van der Waals surface area contributed by atoms with E-state index in [0.29, 0.717) is 6.61 Å². The predicted octanol–water partition coefficient (Wildman–Crippen LogP) is -1.32. The standard InChI is InChI=1S/C13H21N3O6S/c17-9(14-5-10(18)16-7-12(20)21)6-15-11(19)8-23-13-3-1-2-4-22-13/h13H,1-8H2,(H,14,17)(H,15,19)(H,16,18)(H,20,21). The van der Waals surface area contributed by atoms with Crippen LogP contribution in [0.4, 0.5) is 0 Å². The van der Waals surface area contributed by atoms with Gasteiger partial charge in [0.1, 0.15) is 12.0 Å². The Morgan fingerprint density at radius 3 is 2.13 bits per heavy atom. The van der Waals surface area contributed by atoms with Gasteiger partial charge in [0.25, 0.3) is 0 Å². The lowest BCUT2D eigenvalue weighted by molar-refractivity contribution is -0.137. The second-order valence-corrected chi connectivity index (χ2v) is 5.98. The molecule has 1 aliphatic rings. The summed E-state index contributed by atoms with van der Waals surface area (Å²) in [5.74, 6) is -2.39. The maximum atomic E-state index is 11.6. The molecule has 23 heavy (non-hydrogen) atoms. The molecule has 1 heterocycles. The third kappa shape index (κ3) is 9.74. The lowest BCUT2D eigenvalue weighted by atomic mass is 10.2. The SMILES string of the molecule is O=C(O)CNC(=O)CNC(=O)CNC(=O)CSC1CCCCO1. The van der Waals surface area contributed by atoms with E-state index in [1.165, 1.54) is 11.8 Å². The first kappa shape index (κ1) is 19.2. The van der Waals surface area contributed by atoms with Gasteiger partial charge in [0.2, 0.25) is 17.7 Å². The third-order valence-corrected chi connectivity index (χ3v) is 4.04. The lowest BCUT2D eigenvalue weighted by Crippen LogP contribution is -2.43. The van der Waals surface area contributed by atoms with Gasteiger partial charge in [-0.25, -0.2) is 0 Å². The Bertz CT molecular complexity index is 439. The van der Waals surface area contributed by atoms with E-state index >= 15 is 0 Å². The summed E-state index contributed by atoms with van der Waals surface area (Å²) in [5.41, 5.74) is 0.0289. The smallest absolute Gasteiger partial charge is 0.322 e. The minimum atomic E-state index is -1.17. The Balaban J connectivity index is 2.06. The maximum absolute atomic E-state index is 11.6. The van der Waals surface area contributed by atoms with Gasteiger partial charge in [-0.15, -0.1) is 11.8 Å². The van der Waals surface area contributed by atoms with Crippen LogP contribution < -0.4 is 16.0 Å². The molecule has 130 valence electrons. The molecule has 10 heteroatoms. The van der Waals surface area contributed by atoms with E-state index in [-0.39, 0.29) is 30.2 Å². The van der Waals surface area contributed by atoms with E-state index in [0.717, 1.165) is 19.3 Å². The molecule has 4 N–H and O–H groups in total. The minimum absolute atomic E-state index is 0.0289. The van der Waals surface area contributed by atoms with Crippen molar-refractivity contribution in [3.63, 3.8) is 0 Å². The Kier molecular flexibility index (Phi) is 9.07. The van der Waals surface area contributed by atoms with Crippen molar-refractivity contribution in [1.82, 2.24) is 16.0 Å². The van der Waals surface area contributed by atoms with Crippen molar-refractivity contribution in [2.75, 3.05) is 32.0 Å². The zero-order valence-corrected chi connectivity index (χ0v) is 13.4. The highest BCUT2D eigenvalue weighted by atomic mass is 32.2. The summed E-state index contributed by atoms with van der Waals surface area (Å²) in [6.07, 6.45) is 3.05. The van der Waals surface area contributed by atoms with E-state index in [2.05, 4.69) is 16.0 Å². The van der Waals surface area contributed by atoms with Crippen LogP contribution in [0.15, 0.2) is 0 Å². The van der Waals surface area contributed by atoms with E-state index in [1.807, 2.05) is 0 Å². The normalized spacial score (nSPS) is 17.1. The van der Waals surface area contributed by atoms with E-state index in [4.69, 9.17) is 9.84 Å². The Hall–Kier alpha value is -1.81. The van der Waals surface area contributed by atoms with Crippen molar-refractivity contribution in [2.24, 2.45) is 0 Å². The highest BCUT2D eigenvalue weighted by Crippen LogP contribution is 2.22. The van der Waals surface area contributed by atoms with Crippen LogP contribution in [0, 0.1) is 0 Å². The van der Waals surface area contributed by atoms with Crippen molar-refractivity contribution in [2.45, 2.75) is 24.7 Å². The fraction of sp³-hybridized carbons (Fsp3) is 0.692. The highest BCUT2D eigenvalue weighted by Gasteiger charge is 2.16. The summed E-state index contributed by atoms with van der Waals surface area (Å²) in [6, 6.07) is 0. The molecule has 0 aliphatic carbocycles. The number of carbonyl (C=O) groups excluding carboxylic acids is 3. The zero-order chi connectivity index (χ0) is 17.1. The summed E-state index contributed by atoms with van der Waals surface area (Å²) in [4.78, 5) is 44.4. The first-order valence-electron chi connectivity index (χ1n) is 7.22. The summed E-state index contributed by atoms with van der Waals surface area (Å²) in [7, 11) is 0. The average Bonchev–Trinajstić information content (AvgIpc) is 2.55. The molecule has 0 aromatic carbocycles. The summed E-state index contributed by atoms with van der Waals surface area (Å²) in [6.45, 7) is -0.374. The van der Waals surface area contributed by atoms with Crippen LogP contribution in [0.1, 0.15) is 19.3 Å². The quantitative estimate of drug-likeness (QED) is 0.406. The molecule has 0 aromatic rings. The zero-order valence-electron chi connectivity index (χ0n) is 12.6. The number of nitrogens with one attached hydrogen (secondary N) is 3. The van der Waals surface area contributed by atoms with Crippen molar-refractivity contribution < 1.29 is 29.0 Å². The molecule has 1 aliphatic heterocycles. The Morgan fingerprint density at radius 1 is 0.957 bits per heavy atom. The fourth-order valence-corrected chi connectivity index (χ4v) is 2.68. The van der Waals surface area contributed by atoms with Gasteiger partial charge in [0, 0.05) is 6.61 Å². The number of carboxylic acid groups (broad SMARTS) is 1. The van der Waals surface area contributed by atoms with Crippen LogP contribution in [-0.2, 0) is 23.9 Å². The van der Waals surface area contributed by atoms with Gasteiger partial charge < -0.3 is 25.8 Å². The summed E-state index contributed by atoms with van der Waals surface area (Å²) in [5, 5.41) is 15.2. The van der Waals surface area contributed by atoms with Crippen LogP contribution in [0.2, 0.25) is 0 Å². The third-order valence-electron chi connectivity index (χ3n) is 2.87. The first-order chi connectivity index (χ1) is 11.0. The van der Waals surface area contributed by atoms with Gasteiger partial charge in [0.15, 0.2) is 0 Å². The molecule has 0 spiro atoms. The van der Waals surface area contributed by atoms with Crippen molar-refractivity contribution in [3.8, 4) is 0 Å². The van der Waals surface area contributed by atoms with Crippen LogP contribution in [0.5, 0.6) is 0 Å². The molecular weight excluding hydrogens is 326 g/mol. The molecular formula is C13H21N3O6S. The summed E-state index contributed by atoms with van der Waals surface area (Å²) >= 11 is 1.40. The second-order valence-electron chi connectivity index (χ2n) is 4.83. The monoisotopic (exact) mass is 347 g/mol. The number of carbonyl (C=O) groups is 4. The maximum Gasteiger partial charge on any atom is 0.322 e. The number of hydrogen-bond acceptors (Lipinski definition) is 6. The van der Waals surface area contributed by atoms with E-state index in [9.17, 15) is 19.2 Å². The number of carboxylic acids is 1. The van der Waals surface area contributed by atoms with Crippen molar-refractivity contribution >= 4 is 35.5 Å². The molecule has 1 unspecified atom stereocenters. The van der Waals surface area contributed by atoms with Gasteiger partial charge in [-0.05, 0) is 19.3 Å². The molecule has 0 saturated carbocycles. The summed E-state index contributed by atoms with van der Waals surface area (Å²) < 4.78 is 5.48. The van der Waals surface area contributed by atoms with Gasteiger partial charge >= 0.3 is 5.97 Å². The molecule has 0 radical (unpaired) electrons. The number of ether oxygens (including phenoxy) is 1. The second kappa shape index (κ2) is 10.8. The first-order valence-corrected chi connectivity index (χ1v) is 8.27. The topological polar surface area (TPSA) is 134 Å². The fourth-order valence-electron chi connectivity index (χ4n) is 1.72. The number of hydrogen-bond donors (Lipinski definition) is 4. The number of amides is 3. The highest BCUT2D eigenvalue weighted by molar-refractivity contribution is 8.00.